The molecular formula is C14H23N3. The van der Waals surface area contributed by atoms with Crippen molar-refractivity contribution in [1.29, 1.82) is 0 Å². The second-order valence-corrected chi connectivity index (χ2v) is 5.18. The van der Waals surface area contributed by atoms with Gasteiger partial charge in [0.1, 0.15) is 5.82 Å². The normalized spacial score (nSPS) is 26.0. The number of pyridine rings is 1. The van der Waals surface area contributed by atoms with E-state index in [-0.39, 0.29) is 0 Å². The van der Waals surface area contributed by atoms with Crippen molar-refractivity contribution in [1.82, 2.24) is 9.88 Å². The molecule has 1 aromatic heterocycles. The van der Waals surface area contributed by atoms with E-state index in [4.69, 9.17) is 5.73 Å². The average molecular weight is 233 g/mol. The first-order valence-corrected chi connectivity index (χ1v) is 6.64. The van der Waals surface area contributed by atoms with Gasteiger partial charge in [0.2, 0.25) is 0 Å². The average Bonchev–Trinajstić information content (AvgIpc) is 2.35. The van der Waals surface area contributed by atoms with Gasteiger partial charge in [0, 0.05) is 30.9 Å². The van der Waals surface area contributed by atoms with Crippen LogP contribution in [-0.2, 0) is 6.54 Å². The first-order chi connectivity index (χ1) is 8.20. The van der Waals surface area contributed by atoms with Gasteiger partial charge in [-0.05, 0) is 31.7 Å². The van der Waals surface area contributed by atoms with Gasteiger partial charge in [-0.15, -0.1) is 0 Å². The fourth-order valence-electron chi connectivity index (χ4n) is 2.62. The Kier molecular flexibility index (Phi) is 4.00. The standard InChI is InChI=1S/C14H23N3/c1-3-12-7-6-11(2)17(9-12)10-13-5-4-8-16-14(13)15/h4-5,8,11-12H,3,6-7,9-10H2,1-2H3,(H2,15,16). The van der Waals surface area contributed by atoms with Crippen molar-refractivity contribution in [2.45, 2.75) is 45.7 Å². The molecule has 2 heterocycles. The number of piperidine rings is 1. The molecule has 0 bridgehead atoms. The molecule has 2 atom stereocenters. The number of rotatable bonds is 3. The predicted octanol–water partition coefficient (Wildman–Crippen LogP) is 2.67. The van der Waals surface area contributed by atoms with Crippen molar-refractivity contribution in [2.24, 2.45) is 5.92 Å². The largest absolute Gasteiger partial charge is 0.383 e. The molecule has 2 unspecified atom stereocenters. The van der Waals surface area contributed by atoms with Crippen molar-refractivity contribution < 1.29 is 0 Å². The van der Waals surface area contributed by atoms with Gasteiger partial charge < -0.3 is 5.73 Å². The van der Waals surface area contributed by atoms with E-state index >= 15 is 0 Å². The molecule has 0 spiro atoms. The van der Waals surface area contributed by atoms with Crippen LogP contribution in [0.3, 0.4) is 0 Å². The SMILES string of the molecule is CCC1CCC(C)N(Cc2cccnc2N)C1. The summed E-state index contributed by atoms with van der Waals surface area (Å²) in [7, 11) is 0. The van der Waals surface area contributed by atoms with E-state index < -0.39 is 0 Å². The lowest BCUT2D eigenvalue weighted by Crippen LogP contribution is -2.41. The van der Waals surface area contributed by atoms with Crippen LogP contribution in [0.25, 0.3) is 0 Å². The molecule has 1 aliphatic heterocycles. The third-order valence-corrected chi connectivity index (χ3v) is 3.99. The molecule has 1 aromatic rings. The summed E-state index contributed by atoms with van der Waals surface area (Å²) in [5.74, 6) is 1.53. The van der Waals surface area contributed by atoms with Gasteiger partial charge in [-0.1, -0.05) is 19.4 Å². The Labute approximate surface area is 104 Å². The van der Waals surface area contributed by atoms with E-state index in [0.29, 0.717) is 11.9 Å². The third-order valence-electron chi connectivity index (χ3n) is 3.99. The van der Waals surface area contributed by atoms with Crippen molar-refractivity contribution in [3.63, 3.8) is 0 Å². The second kappa shape index (κ2) is 5.50. The lowest BCUT2D eigenvalue weighted by atomic mass is 9.91. The van der Waals surface area contributed by atoms with Gasteiger partial charge in [-0.3, -0.25) is 4.90 Å². The molecule has 0 aliphatic carbocycles. The Morgan fingerprint density at radius 2 is 2.29 bits per heavy atom. The zero-order valence-corrected chi connectivity index (χ0v) is 10.9. The van der Waals surface area contributed by atoms with E-state index in [2.05, 4.69) is 29.8 Å². The van der Waals surface area contributed by atoms with E-state index in [1.54, 1.807) is 6.20 Å². The highest BCUT2D eigenvalue weighted by atomic mass is 15.2. The quantitative estimate of drug-likeness (QED) is 0.872. The molecule has 94 valence electrons. The Morgan fingerprint density at radius 3 is 3.00 bits per heavy atom. The Balaban J connectivity index is 2.04. The van der Waals surface area contributed by atoms with Crippen molar-refractivity contribution in [2.75, 3.05) is 12.3 Å². The fourth-order valence-corrected chi connectivity index (χ4v) is 2.62. The van der Waals surface area contributed by atoms with Crippen LogP contribution in [0.15, 0.2) is 18.3 Å². The molecule has 3 nitrogen and oxygen atoms in total. The van der Waals surface area contributed by atoms with Crippen LogP contribution in [0.2, 0.25) is 0 Å². The third kappa shape index (κ3) is 2.97. The van der Waals surface area contributed by atoms with Gasteiger partial charge in [-0.25, -0.2) is 4.98 Å². The summed E-state index contributed by atoms with van der Waals surface area (Å²) >= 11 is 0. The number of hydrogen-bond donors (Lipinski definition) is 1. The van der Waals surface area contributed by atoms with Crippen LogP contribution in [-0.4, -0.2) is 22.5 Å². The summed E-state index contributed by atoms with van der Waals surface area (Å²) in [6, 6.07) is 4.72. The first kappa shape index (κ1) is 12.4. The van der Waals surface area contributed by atoms with E-state index in [9.17, 15) is 0 Å². The summed E-state index contributed by atoms with van der Waals surface area (Å²) in [5, 5.41) is 0. The Morgan fingerprint density at radius 1 is 1.47 bits per heavy atom. The highest BCUT2D eigenvalue weighted by Crippen LogP contribution is 2.26. The molecule has 0 aromatic carbocycles. The monoisotopic (exact) mass is 233 g/mol. The van der Waals surface area contributed by atoms with E-state index in [1.165, 1.54) is 25.8 Å². The van der Waals surface area contributed by atoms with Gasteiger partial charge >= 0.3 is 0 Å². The molecule has 2 rings (SSSR count). The molecule has 0 radical (unpaired) electrons. The molecule has 1 fully saturated rings. The van der Waals surface area contributed by atoms with Crippen LogP contribution in [0, 0.1) is 5.92 Å². The summed E-state index contributed by atoms with van der Waals surface area (Å²) in [5.41, 5.74) is 7.08. The van der Waals surface area contributed by atoms with Crippen LogP contribution in [0.5, 0.6) is 0 Å². The minimum atomic E-state index is 0.664. The minimum Gasteiger partial charge on any atom is -0.383 e. The van der Waals surface area contributed by atoms with Crippen LogP contribution < -0.4 is 5.73 Å². The van der Waals surface area contributed by atoms with Gasteiger partial charge in [-0.2, -0.15) is 0 Å². The number of likely N-dealkylation sites (tertiary alicyclic amines) is 1. The van der Waals surface area contributed by atoms with Crippen LogP contribution in [0.1, 0.15) is 38.7 Å². The van der Waals surface area contributed by atoms with E-state index in [1.807, 2.05) is 6.07 Å². The lowest BCUT2D eigenvalue weighted by molar-refractivity contribution is 0.108. The van der Waals surface area contributed by atoms with Gasteiger partial charge in [0.25, 0.3) is 0 Å². The van der Waals surface area contributed by atoms with E-state index in [0.717, 1.165) is 18.0 Å². The first-order valence-electron chi connectivity index (χ1n) is 6.64. The molecule has 1 saturated heterocycles. The van der Waals surface area contributed by atoms with Gasteiger partial charge in [0.05, 0.1) is 0 Å². The smallest absolute Gasteiger partial charge is 0.127 e. The number of aromatic nitrogens is 1. The number of nitrogens with two attached hydrogens (primary N) is 1. The molecule has 17 heavy (non-hydrogen) atoms. The number of nitrogen functional groups attached to an aromatic ring is 1. The maximum Gasteiger partial charge on any atom is 0.127 e. The number of anilines is 1. The summed E-state index contributed by atoms with van der Waals surface area (Å²) in [6.07, 6.45) is 5.72. The molecule has 1 aliphatic rings. The maximum absolute atomic E-state index is 5.91. The second-order valence-electron chi connectivity index (χ2n) is 5.18. The lowest BCUT2D eigenvalue weighted by Gasteiger charge is -2.37. The topological polar surface area (TPSA) is 42.2 Å². The highest BCUT2D eigenvalue weighted by Gasteiger charge is 2.24. The Bertz CT molecular complexity index is 364. The highest BCUT2D eigenvalue weighted by molar-refractivity contribution is 5.38. The summed E-state index contributed by atoms with van der Waals surface area (Å²) < 4.78 is 0. The zero-order chi connectivity index (χ0) is 12.3. The van der Waals surface area contributed by atoms with Crippen molar-refractivity contribution in [3.05, 3.63) is 23.9 Å². The Hall–Kier alpha value is -1.09. The molecule has 2 N–H and O–H groups in total. The minimum absolute atomic E-state index is 0.664. The summed E-state index contributed by atoms with van der Waals surface area (Å²) in [6.45, 7) is 6.75. The number of nitrogens with zero attached hydrogens (tertiary/aromatic N) is 2. The summed E-state index contributed by atoms with van der Waals surface area (Å²) in [4.78, 5) is 6.71. The van der Waals surface area contributed by atoms with Crippen LogP contribution in [0.4, 0.5) is 5.82 Å². The number of hydrogen-bond acceptors (Lipinski definition) is 3. The van der Waals surface area contributed by atoms with Gasteiger partial charge in [0.15, 0.2) is 0 Å². The molecule has 0 saturated carbocycles. The zero-order valence-electron chi connectivity index (χ0n) is 10.9. The maximum atomic E-state index is 5.91. The fraction of sp³-hybridized carbons (Fsp3) is 0.643. The van der Waals surface area contributed by atoms with Crippen molar-refractivity contribution in [3.8, 4) is 0 Å². The van der Waals surface area contributed by atoms with Crippen molar-refractivity contribution >= 4 is 5.82 Å². The predicted molar refractivity (Wildman–Crippen MR) is 71.5 cm³/mol. The molecular weight excluding hydrogens is 210 g/mol. The molecule has 3 heteroatoms. The molecule has 0 amide bonds. The van der Waals surface area contributed by atoms with Crippen LogP contribution >= 0.6 is 0 Å².